The highest BCUT2D eigenvalue weighted by molar-refractivity contribution is 9.10. The van der Waals surface area contributed by atoms with E-state index in [0.717, 1.165) is 24.0 Å². The van der Waals surface area contributed by atoms with Crippen LogP contribution in [0.15, 0.2) is 28.7 Å². The van der Waals surface area contributed by atoms with Crippen molar-refractivity contribution in [2.75, 3.05) is 18.5 Å². The summed E-state index contributed by atoms with van der Waals surface area (Å²) >= 11 is 3.42. The van der Waals surface area contributed by atoms with Gasteiger partial charge < -0.3 is 10.1 Å². The first kappa shape index (κ1) is 11.0. The average Bonchev–Trinajstić information content (AvgIpc) is 2.74. The summed E-state index contributed by atoms with van der Waals surface area (Å²) in [5.41, 5.74) is 1.18. The standard InChI is InChI=1S/C12H16BrNO/c13-10-3-5-11(6-4-10)14-8-7-12-2-1-9-15-12/h3-6,12,14H,1-2,7-9H2. The smallest absolute Gasteiger partial charge is 0.0592 e. The van der Waals surface area contributed by atoms with Gasteiger partial charge in [-0.25, -0.2) is 0 Å². The molecule has 1 aromatic carbocycles. The molecule has 0 amide bonds. The summed E-state index contributed by atoms with van der Waals surface area (Å²) in [6, 6.07) is 8.27. The first-order valence-corrected chi connectivity index (χ1v) is 6.25. The van der Waals surface area contributed by atoms with Gasteiger partial charge in [0.25, 0.3) is 0 Å². The third kappa shape index (κ3) is 3.50. The summed E-state index contributed by atoms with van der Waals surface area (Å²) in [5.74, 6) is 0. The van der Waals surface area contributed by atoms with E-state index < -0.39 is 0 Å². The third-order valence-electron chi connectivity index (χ3n) is 2.66. The van der Waals surface area contributed by atoms with Gasteiger partial charge in [-0.1, -0.05) is 15.9 Å². The molecule has 1 atom stereocenters. The van der Waals surface area contributed by atoms with Crippen molar-refractivity contribution in [3.63, 3.8) is 0 Å². The molecule has 1 aliphatic heterocycles. The molecule has 82 valence electrons. The van der Waals surface area contributed by atoms with Crippen LogP contribution in [0.4, 0.5) is 5.69 Å². The lowest BCUT2D eigenvalue weighted by atomic mass is 10.2. The molecule has 1 N–H and O–H groups in total. The van der Waals surface area contributed by atoms with Crippen LogP contribution in [-0.4, -0.2) is 19.3 Å². The van der Waals surface area contributed by atoms with Gasteiger partial charge in [-0.3, -0.25) is 0 Å². The van der Waals surface area contributed by atoms with Crippen LogP contribution in [0.3, 0.4) is 0 Å². The lowest BCUT2D eigenvalue weighted by molar-refractivity contribution is 0.107. The first-order chi connectivity index (χ1) is 7.34. The molecule has 0 bridgehead atoms. The maximum Gasteiger partial charge on any atom is 0.0592 e. The van der Waals surface area contributed by atoms with Gasteiger partial charge in [0.2, 0.25) is 0 Å². The van der Waals surface area contributed by atoms with Crippen molar-refractivity contribution < 1.29 is 4.74 Å². The normalized spacial score (nSPS) is 20.5. The number of hydrogen-bond donors (Lipinski definition) is 1. The number of halogens is 1. The molecule has 1 fully saturated rings. The SMILES string of the molecule is Brc1ccc(NCCC2CCCO2)cc1. The van der Waals surface area contributed by atoms with Gasteiger partial charge in [0.05, 0.1) is 6.10 Å². The van der Waals surface area contributed by atoms with Crippen LogP contribution >= 0.6 is 15.9 Å². The van der Waals surface area contributed by atoms with Crippen molar-refractivity contribution >= 4 is 21.6 Å². The van der Waals surface area contributed by atoms with Gasteiger partial charge in [-0.2, -0.15) is 0 Å². The number of benzene rings is 1. The molecule has 2 rings (SSSR count). The fourth-order valence-corrected chi connectivity index (χ4v) is 2.08. The number of rotatable bonds is 4. The largest absolute Gasteiger partial charge is 0.385 e. The van der Waals surface area contributed by atoms with Gasteiger partial charge in [0.1, 0.15) is 0 Å². The maximum absolute atomic E-state index is 5.56. The van der Waals surface area contributed by atoms with E-state index in [1.165, 1.54) is 18.5 Å². The van der Waals surface area contributed by atoms with E-state index in [9.17, 15) is 0 Å². The summed E-state index contributed by atoms with van der Waals surface area (Å²) in [6.07, 6.45) is 4.04. The Labute approximate surface area is 99.1 Å². The Hall–Kier alpha value is -0.540. The molecule has 1 heterocycles. The molecule has 15 heavy (non-hydrogen) atoms. The zero-order chi connectivity index (χ0) is 10.5. The number of anilines is 1. The fraction of sp³-hybridized carbons (Fsp3) is 0.500. The van der Waals surface area contributed by atoms with Crippen molar-refractivity contribution in [3.8, 4) is 0 Å². The van der Waals surface area contributed by atoms with E-state index in [1.54, 1.807) is 0 Å². The van der Waals surface area contributed by atoms with Crippen molar-refractivity contribution in [1.29, 1.82) is 0 Å². The quantitative estimate of drug-likeness (QED) is 0.905. The molecule has 0 aliphatic carbocycles. The maximum atomic E-state index is 5.56. The van der Waals surface area contributed by atoms with Crippen LogP contribution in [0.5, 0.6) is 0 Å². The lowest BCUT2D eigenvalue weighted by Gasteiger charge is -2.10. The molecule has 3 heteroatoms. The number of nitrogens with one attached hydrogen (secondary N) is 1. The van der Waals surface area contributed by atoms with Gasteiger partial charge in [0, 0.05) is 23.3 Å². The van der Waals surface area contributed by atoms with Crippen LogP contribution < -0.4 is 5.32 Å². The molecular weight excluding hydrogens is 254 g/mol. The van der Waals surface area contributed by atoms with E-state index in [2.05, 4.69) is 45.5 Å². The van der Waals surface area contributed by atoms with Crippen molar-refractivity contribution in [2.45, 2.75) is 25.4 Å². The first-order valence-electron chi connectivity index (χ1n) is 5.45. The minimum atomic E-state index is 0.480. The molecule has 1 aromatic rings. The molecule has 1 aliphatic rings. The molecular formula is C12H16BrNO. The molecule has 1 unspecified atom stereocenters. The van der Waals surface area contributed by atoms with Crippen LogP contribution in [-0.2, 0) is 4.74 Å². The van der Waals surface area contributed by atoms with E-state index in [-0.39, 0.29) is 0 Å². The predicted octanol–water partition coefficient (Wildman–Crippen LogP) is 3.43. The van der Waals surface area contributed by atoms with Crippen molar-refractivity contribution in [3.05, 3.63) is 28.7 Å². The number of ether oxygens (including phenoxy) is 1. The highest BCUT2D eigenvalue weighted by Gasteiger charge is 2.14. The van der Waals surface area contributed by atoms with E-state index >= 15 is 0 Å². The highest BCUT2D eigenvalue weighted by Crippen LogP contribution is 2.17. The Morgan fingerprint density at radius 1 is 1.33 bits per heavy atom. The minimum absolute atomic E-state index is 0.480. The van der Waals surface area contributed by atoms with Crippen LogP contribution in [0, 0.1) is 0 Å². The van der Waals surface area contributed by atoms with Crippen LogP contribution in [0.2, 0.25) is 0 Å². The van der Waals surface area contributed by atoms with Gasteiger partial charge in [0.15, 0.2) is 0 Å². The summed E-state index contributed by atoms with van der Waals surface area (Å²) < 4.78 is 6.68. The monoisotopic (exact) mass is 269 g/mol. The lowest BCUT2D eigenvalue weighted by Crippen LogP contribution is -2.12. The molecule has 0 aromatic heterocycles. The second-order valence-electron chi connectivity index (χ2n) is 3.86. The molecule has 2 nitrogen and oxygen atoms in total. The fourth-order valence-electron chi connectivity index (χ4n) is 1.82. The molecule has 0 saturated carbocycles. The van der Waals surface area contributed by atoms with Crippen molar-refractivity contribution in [2.24, 2.45) is 0 Å². The van der Waals surface area contributed by atoms with E-state index in [0.29, 0.717) is 6.10 Å². The second-order valence-corrected chi connectivity index (χ2v) is 4.77. The minimum Gasteiger partial charge on any atom is -0.385 e. The predicted molar refractivity (Wildman–Crippen MR) is 66.2 cm³/mol. The summed E-state index contributed by atoms with van der Waals surface area (Å²) in [5, 5.41) is 3.40. The second kappa shape index (κ2) is 5.52. The third-order valence-corrected chi connectivity index (χ3v) is 3.19. The Kier molecular flexibility index (Phi) is 4.03. The molecule has 0 spiro atoms. The van der Waals surface area contributed by atoms with Gasteiger partial charge >= 0.3 is 0 Å². The summed E-state index contributed by atoms with van der Waals surface area (Å²) in [7, 11) is 0. The Morgan fingerprint density at radius 2 is 2.13 bits per heavy atom. The molecule has 1 saturated heterocycles. The number of hydrogen-bond acceptors (Lipinski definition) is 2. The van der Waals surface area contributed by atoms with Gasteiger partial charge in [-0.15, -0.1) is 0 Å². The Balaban J connectivity index is 1.71. The molecule has 0 radical (unpaired) electrons. The van der Waals surface area contributed by atoms with Crippen LogP contribution in [0.25, 0.3) is 0 Å². The average molecular weight is 270 g/mol. The Morgan fingerprint density at radius 3 is 2.80 bits per heavy atom. The zero-order valence-electron chi connectivity index (χ0n) is 8.71. The highest BCUT2D eigenvalue weighted by atomic mass is 79.9. The van der Waals surface area contributed by atoms with E-state index in [4.69, 9.17) is 4.74 Å². The van der Waals surface area contributed by atoms with Crippen molar-refractivity contribution in [1.82, 2.24) is 0 Å². The topological polar surface area (TPSA) is 21.3 Å². The Bertz CT molecular complexity index is 293. The van der Waals surface area contributed by atoms with Gasteiger partial charge in [-0.05, 0) is 43.5 Å². The summed E-state index contributed by atoms with van der Waals surface area (Å²) in [4.78, 5) is 0. The van der Waals surface area contributed by atoms with Crippen LogP contribution in [0.1, 0.15) is 19.3 Å². The summed E-state index contributed by atoms with van der Waals surface area (Å²) in [6.45, 7) is 1.94. The van der Waals surface area contributed by atoms with E-state index in [1.807, 2.05) is 0 Å². The zero-order valence-corrected chi connectivity index (χ0v) is 10.3.